The van der Waals surface area contributed by atoms with E-state index < -0.39 is 0 Å². The molecule has 1 rings (SSSR count). The Balaban J connectivity index is 2.38. The molecule has 7 nitrogen and oxygen atoms in total. The van der Waals surface area contributed by atoms with E-state index in [9.17, 15) is 0 Å². The fourth-order valence-electron chi connectivity index (χ4n) is 1.99. The topological polar surface area (TPSA) is 73.3 Å². The summed E-state index contributed by atoms with van der Waals surface area (Å²) in [6, 6.07) is 7.56. The van der Waals surface area contributed by atoms with Gasteiger partial charge in [-0.3, -0.25) is 0 Å². The molecule has 25 heavy (non-hydrogen) atoms. The summed E-state index contributed by atoms with van der Waals surface area (Å²) in [7, 11) is 3.30. The summed E-state index contributed by atoms with van der Waals surface area (Å²) < 4.78 is 21.4. The molecule has 0 bridgehead atoms. The number of nitrogens with zero attached hydrogens (tertiary/aromatic N) is 1. The minimum absolute atomic E-state index is 0.0551. The largest absolute Gasteiger partial charge is 0.497 e. The van der Waals surface area contributed by atoms with Crippen LogP contribution >= 0.6 is 0 Å². The lowest BCUT2D eigenvalue weighted by Gasteiger charge is -2.15. The Morgan fingerprint density at radius 1 is 1.12 bits per heavy atom. The van der Waals surface area contributed by atoms with Crippen molar-refractivity contribution < 1.29 is 18.9 Å². The highest BCUT2D eigenvalue weighted by atomic mass is 16.5. The summed E-state index contributed by atoms with van der Waals surface area (Å²) in [6.07, 6.45) is -0.0551. The van der Waals surface area contributed by atoms with E-state index in [0.29, 0.717) is 32.9 Å². The van der Waals surface area contributed by atoms with Crippen molar-refractivity contribution in [3.63, 3.8) is 0 Å². The number of ether oxygens (including phenoxy) is 4. The van der Waals surface area contributed by atoms with Crippen molar-refractivity contribution in [3.8, 4) is 11.5 Å². The maximum Gasteiger partial charge on any atom is 0.191 e. The van der Waals surface area contributed by atoms with E-state index in [0.717, 1.165) is 24.0 Å². The molecule has 0 heterocycles. The first kappa shape index (κ1) is 21.1. The van der Waals surface area contributed by atoms with E-state index in [-0.39, 0.29) is 6.10 Å². The Morgan fingerprint density at radius 2 is 1.92 bits per heavy atom. The van der Waals surface area contributed by atoms with Crippen LogP contribution in [0.25, 0.3) is 0 Å². The molecule has 0 radical (unpaired) electrons. The van der Waals surface area contributed by atoms with Crippen molar-refractivity contribution >= 4 is 5.96 Å². The third-order valence-corrected chi connectivity index (χ3v) is 3.20. The molecule has 0 spiro atoms. The van der Waals surface area contributed by atoms with Gasteiger partial charge in [0.05, 0.1) is 33.5 Å². The van der Waals surface area contributed by atoms with Crippen molar-refractivity contribution in [2.45, 2.75) is 20.0 Å². The minimum atomic E-state index is -0.0551. The predicted octanol–water partition coefficient (Wildman–Crippen LogP) is 1.68. The predicted molar refractivity (Wildman–Crippen MR) is 99.8 cm³/mol. The molecule has 7 heteroatoms. The number of nitrogens with one attached hydrogen (secondary N) is 2. The third-order valence-electron chi connectivity index (χ3n) is 3.20. The van der Waals surface area contributed by atoms with Gasteiger partial charge in [0.25, 0.3) is 0 Å². The zero-order chi connectivity index (χ0) is 18.3. The quantitative estimate of drug-likeness (QED) is 0.338. The molecule has 0 aromatic heterocycles. The smallest absolute Gasteiger partial charge is 0.191 e. The summed E-state index contributed by atoms with van der Waals surface area (Å²) in [5.41, 5.74) is 0. The molecule has 0 aliphatic heterocycles. The highest BCUT2D eigenvalue weighted by Gasteiger charge is 2.05. The van der Waals surface area contributed by atoms with E-state index in [2.05, 4.69) is 15.6 Å². The summed E-state index contributed by atoms with van der Waals surface area (Å²) in [5.74, 6) is 2.29. The van der Waals surface area contributed by atoms with Gasteiger partial charge in [-0.1, -0.05) is 6.07 Å². The Hall–Kier alpha value is -1.99. The molecule has 1 aromatic carbocycles. The molecule has 0 amide bonds. The molecular formula is C18H31N3O4. The lowest BCUT2D eigenvalue weighted by Crippen LogP contribution is -2.39. The summed E-state index contributed by atoms with van der Waals surface area (Å²) >= 11 is 0. The van der Waals surface area contributed by atoms with Crippen molar-refractivity contribution in [1.82, 2.24) is 10.6 Å². The highest BCUT2D eigenvalue weighted by Crippen LogP contribution is 2.19. The van der Waals surface area contributed by atoms with Crippen LogP contribution in [-0.2, 0) is 9.47 Å². The Bertz CT molecular complexity index is 497. The van der Waals surface area contributed by atoms with Crippen LogP contribution < -0.4 is 20.1 Å². The molecular weight excluding hydrogens is 322 g/mol. The third kappa shape index (κ3) is 9.79. The van der Waals surface area contributed by atoms with Gasteiger partial charge in [0.2, 0.25) is 0 Å². The second-order valence-corrected chi connectivity index (χ2v) is 5.36. The van der Waals surface area contributed by atoms with Crippen LogP contribution in [0.2, 0.25) is 0 Å². The number of rotatable bonds is 12. The average molecular weight is 353 g/mol. The van der Waals surface area contributed by atoms with Gasteiger partial charge in [0, 0.05) is 26.3 Å². The number of methoxy groups -OCH3 is 2. The first-order valence-corrected chi connectivity index (χ1v) is 8.59. The lowest BCUT2D eigenvalue weighted by molar-refractivity contribution is 0.0733. The molecule has 0 fully saturated rings. The summed E-state index contributed by atoms with van der Waals surface area (Å²) in [5, 5.41) is 6.44. The number of guanidine groups is 1. The molecule has 142 valence electrons. The molecule has 0 aliphatic rings. The van der Waals surface area contributed by atoms with E-state index in [1.165, 1.54) is 0 Å². The van der Waals surface area contributed by atoms with Crippen LogP contribution in [0.5, 0.6) is 11.5 Å². The molecule has 0 saturated heterocycles. The number of benzene rings is 1. The summed E-state index contributed by atoms with van der Waals surface area (Å²) in [6.45, 7) is 7.83. The van der Waals surface area contributed by atoms with E-state index >= 15 is 0 Å². The van der Waals surface area contributed by atoms with Gasteiger partial charge in [-0.15, -0.1) is 0 Å². The normalized spacial score (nSPS) is 12.6. The molecule has 1 atom stereocenters. The fourth-order valence-corrected chi connectivity index (χ4v) is 1.99. The molecule has 1 unspecified atom stereocenters. The van der Waals surface area contributed by atoms with Gasteiger partial charge in [-0.25, -0.2) is 4.99 Å². The Kier molecular flexibility index (Phi) is 11.2. The minimum Gasteiger partial charge on any atom is -0.497 e. The van der Waals surface area contributed by atoms with Gasteiger partial charge in [0.15, 0.2) is 5.96 Å². The molecule has 0 saturated carbocycles. The zero-order valence-corrected chi connectivity index (χ0v) is 15.7. The second kappa shape index (κ2) is 13.3. The first-order valence-electron chi connectivity index (χ1n) is 8.59. The van der Waals surface area contributed by atoms with Gasteiger partial charge in [-0.05, 0) is 26.0 Å². The first-order chi connectivity index (χ1) is 12.2. The van der Waals surface area contributed by atoms with E-state index in [1.54, 1.807) is 14.2 Å². The van der Waals surface area contributed by atoms with Crippen LogP contribution in [0, 0.1) is 0 Å². The van der Waals surface area contributed by atoms with Crippen LogP contribution in [0.15, 0.2) is 29.3 Å². The lowest BCUT2D eigenvalue weighted by atomic mass is 10.3. The highest BCUT2D eigenvalue weighted by molar-refractivity contribution is 5.79. The van der Waals surface area contributed by atoms with Crippen LogP contribution in [0.4, 0.5) is 0 Å². The monoisotopic (exact) mass is 353 g/mol. The molecule has 1 aromatic rings. The van der Waals surface area contributed by atoms with Gasteiger partial charge in [0.1, 0.15) is 17.6 Å². The second-order valence-electron chi connectivity index (χ2n) is 5.36. The fraction of sp³-hybridized carbons (Fsp3) is 0.611. The Morgan fingerprint density at radius 3 is 2.64 bits per heavy atom. The zero-order valence-electron chi connectivity index (χ0n) is 15.7. The molecule has 0 aliphatic carbocycles. The van der Waals surface area contributed by atoms with Crippen molar-refractivity contribution in [3.05, 3.63) is 24.3 Å². The van der Waals surface area contributed by atoms with Gasteiger partial charge < -0.3 is 29.6 Å². The van der Waals surface area contributed by atoms with Crippen LogP contribution in [0.3, 0.4) is 0 Å². The van der Waals surface area contributed by atoms with Gasteiger partial charge in [-0.2, -0.15) is 0 Å². The number of hydrogen-bond donors (Lipinski definition) is 2. The number of aliphatic imine (C=N–C) groups is 1. The van der Waals surface area contributed by atoms with Crippen molar-refractivity contribution in [1.29, 1.82) is 0 Å². The van der Waals surface area contributed by atoms with Crippen LogP contribution in [-0.4, -0.2) is 65.7 Å². The maximum absolute atomic E-state index is 5.87. The summed E-state index contributed by atoms with van der Waals surface area (Å²) in [4.78, 5) is 4.54. The van der Waals surface area contributed by atoms with Crippen molar-refractivity contribution in [2.24, 2.45) is 4.99 Å². The van der Waals surface area contributed by atoms with Crippen molar-refractivity contribution in [2.75, 3.05) is 53.7 Å². The molecule has 2 N–H and O–H groups in total. The van der Waals surface area contributed by atoms with Gasteiger partial charge >= 0.3 is 0 Å². The van der Waals surface area contributed by atoms with E-state index in [1.807, 2.05) is 38.1 Å². The SMILES string of the molecule is CCNC(=NCC(C)Oc1cccc(OC)c1)NCCOCCOC. The Labute approximate surface area is 150 Å². The standard InChI is InChI=1S/C18H31N3O4/c1-5-19-18(20-9-10-24-12-11-22-3)21-14-15(2)25-17-8-6-7-16(13-17)23-4/h6-8,13,15H,5,9-12,14H2,1-4H3,(H2,19,20,21). The van der Waals surface area contributed by atoms with Crippen LogP contribution in [0.1, 0.15) is 13.8 Å². The number of hydrogen-bond acceptors (Lipinski definition) is 5. The maximum atomic E-state index is 5.87. The van der Waals surface area contributed by atoms with E-state index in [4.69, 9.17) is 18.9 Å². The average Bonchev–Trinajstić information content (AvgIpc) is 2.62.